The molecule has 0 fully saturated rings. The molecule has 0 bridgehead atoms. The van der Waals surface area contributed by atoms with Crippen LogP contribution in [0.4, 0.5) is 5.69 Å². The molecule has 2 N–H and O–H groups in total. The summed E-state index contributed by atoms with van der Waals surface area (Å²) in [4.78, 5) is 11.8. The molecule has 2 aromatic rings. The monoisotopic (exact) mass is 279 g/mol. The molecule has 0 atom stereocenters. The molecule has 1 heterocycles. The molecule has 0 aliphatic heterocycles. The molecule has 0 saturated carbocycles. The zero-order chi connectivity index (χ0) is 13.8. The van der Waals surface area contributed by atoms with Crippen LogP contribution in [-0.4, -0.2) is 22.4 Å². The summed E-state index contributed by atoms with van der Waals surface area (Å²) in [5.74, 6) is -0.432. The molecule has 1 aromatic carbocycles. The Morgan fingerprint density at radius 1 is 1.47 bits per heavy atom. The molecule has 5 nitrogen and oxygen atoms in total. The van der Waals surface area contributed by atoms with Gasteiger partial charge >= 0.3 is 5.97 Å². The van der Waals surface area contributed by atoms with Crippen molar-refractivity contribution in [2.45, 2.75) is 6.42 Å². The highest BCUT2D eigenvalue weighted by Crippen LogP contribution is 2.17. The van der Waals surface area contributed by atoms with E-state index in [9.17, 15) is 4.79 Å². The van der Waals surface area contributed by atoms with Crippen molar-refractivity contribution >= 4 is 23.3 Å². The van der Waals surface area contributed by atoms with Gasteiger partial charge in [-0.3, -0.25) is 4.68 Å². The lowest BCUT2D eigenvalue weighted by molar-refractivity contribution is 0.0509. The molecule has 6 heteroatoms. The van der Waals surface area contributed by atoms with E-state index in [-0.39, 0.29) is 6.61 Å². The Balaban J connectivity index is 1.90. The van der Waals surface area contributed by atoms with Gasteiger partial charge in [-0.1, -0.05) is 11.6 Å². The number of hydrogen-bond donors (Lipinski definition) is 1. The summed E-state index contributed by atoms with van der Waals surface area (Å²) in [7, 11) is 1.84. The molecule has 1 aromatic heterocycles. The Morgan fingerprint density at radius 2 is 2.26 bits per heavy atom. The zero-order valence-corrected chi connectivity index (χ0v) is 11.2. The third-order valence-corrected chi connectivity index (χ3v) is 2.76. The van der Waals surface area contributed by atoms with Crippen molar-refractivity contribution in [3.63, 3.8) is 0 Å². The molecule has 19 heavy (non-hydrogen) atoms. The number of aryl methyl sites for hydroxylation is 1. The van der Waals surface area contributed by atoms with E-state index in [1.807, 2.05) is 13.2 Å². The zero-order valence-electron chi connectivity index (χ0n) is 10.5. The number of hydrogen-bond acceptors (Lipinski definition) is 4. The lowest BCUT2D eigenvalue weighted by Gasteiger charge is -2.05. The van der Waals surface area contributed by atoms with Gasteiger partial charge in [-0.25, -0.2) is 4.79 Å². The maximum Gasteiger partial charge on any atom is 0.338 e. The number of carbonyl (C=O) groups excluding carboxylic acids is 1. The van der Waals surface area contributed by atoms with Crippen LogP contribution in [0.15, 0.2) is 30.6 Å². The average Bonchev–Trinajstić information content (AvgIpc) is 2.73. The van der Waals surface area contributed by atoms with Gasteiger partial charge in [0.25, 0.3) is 0 Å². The first-order chi connectivity index (χ1) is 9.04. The predicted octanol–water partition coefficient (Wildman–Crippen LogP) is 2.06. The highest BCUT2D eigenvalue weighted by molar-refractivity contribution is 6.31. The Morgan fingerprint density at radius 3 is 2.89 bits per heavy atom. The average molecular weight is 280 g/mol. The summed E-state index contributed by atoms with van der Waals surface area (Å²) >= 11 is 5.83. The van der Waals surface area contributed by atoms with Crippen LogP contribution in [0.1, 0.15) is 15.9 Å². The van der Waals surface area contributed by atoms with Crippen molar-refractivity contribution < 1.29 is 9.53 Å². The van der Waals surface area contributed by atoms with Gasteiger partial charge in [0.2, 0.25) is 0 Å². The number of ether oxygens (including phenoxy) is 1. The van der Waals surface area contributed by atoms with Gasteiger partial charge in [-0.15, -0.1) is 0 Å². The standard InChI is InChI=1S/C13H14ClN3O2/c1-17-8-9(7-16-17)2-3-19-13(18)10-4-11(14)6-12(15)5-10/h4-8H,2-3,15H2,1H3. The number of nitrogens with two attached hydrogens (primary N) is 1. The first kappa shape index (κ1) is 13.4. The topological polar surface area (TPSA) is 70.1 Å². The highest BCUT2D eigenvalue weighted by atomic mass is 35.5. The Labute approximate surface area is 115 Å². The number of aromatic nitrogens is 2. The Hall–Kier alpha value is -2.01. The molecular weight excluding hydrogens is 266 g/mol. The van der Waals surface area contributed by atoms with Crippen molar-refractivity contribution in [2.75, 3.05) is 12.3 Å². The van der Waals surface area contributed by atoms with E-state index >= 15 is 0 Å². The van der Waals surface area contributed by atoms with Gasteiger partial charge in [0.1, 0.15) is 0 Å². The number of nitrogens with zero attached hydrogens (tertiary/aromatic N) is 2. The molecule has 0 aliphatic rings. The van der Waals surface area contributed by atoms with E-state index in [0.717, 1.165) is 5.56 Å². The molecule has 0 amide bonds. The van der Waals surface area contributed by atoms with E-state index in [0.29, 0.717) is 22.7 Å². The molecule has 0 radical (unpaired) electrons. The minimum atomic E-state index is -0.432. The summed E-state index contributed by atoms with van der Waals surface area (Å²) in [5, 5.41) is 4.45. The van der Waals surface area contributed by atoms with Crippen molar-refractivity contribution in [3.05, 3.63) is 46.7 Å². The second-order valence-corrected chi connectivity index (χ2v) is 4.62. The van der Waals surface area contributed by atoms with Gasteiger partial charge in [-0.2, -0.15) is 5.10 Å². The Bertz CT molecular complexity index is 575. The van der Waals surface area contributed by atoms with Crippen LogP contribution in [-0.2, 0) is 18.2 Å². The van der Waals surface area contributed by atoms with E-state index in [1.165, 1.54) is 12.1 Å². The van der Waals surface area contributed by atoms with Crippen molar-refractivity contribution in [2.24, 2.45) is 7.05 Å². The van der Waals surface area contributed by atoms with Crippen molar-refractivity contribution in [3.8, 4) is 0 Å². The van der Waals surface area contributed by atoms with Crippen LogP contribution in [0.25, 0.3) is 0 Å². The smallest absolute Gasteiger partial charge is 0.338 e. The van der Waals surface area contributed by atoms with Crippen molar-refractivity contribution in [1.29, 1.82) is 0 Å². The molecule has 0 saturated heterocycles. The van der Waals surface area contributed by atoms with Gasteiger partial charge in [0.05, 0.1) is 18.4 Å². The number of nitrogen functional groups attached to an aromatic ring is 1. The van der Waals surface area contributed by atoms with Crippen LogP contribution >= 0.6 is 11.6 Å². The third kappa shape index (κ3) is 3.72. The summed E-state index contributed by atoms with van der Waals surface area (Å²) in [6.45, 7) is 0.289. The van der Waals surface area contributed by atoms with Crippen LogP contribution in [0.3, 0.4) is 0 Å². The number of halogens is 1. The van der Waals surface area contributed by atoms with Crippen LogP contribution in [0.5, 0.6) is 0 Å². The number of rotatable bonds is 4. The van der Waals surface area contributed by atoms with Crippen molar-refractivity contribution in [1.82, 2.24) is 9.78 Å². The normalized spacial score (nSPS) is 10.4. The molecule has 2 rings (SSSR count). The van der Waals surface area contributed by atoms with E-state index in [2.05, 4.69) is 5.10 Å². The first-order valence-corrected chi connectivity index (χ1v) is 6.13. The molecule has 0 aliphatic carbocycles. The predicted molar refractivity (Wildman–Crippen MR) is 73.1 cm³/mol. The molecule has 0 unspecified atom stereocenters. The van der Waals surface area contributed by atoms with Gasteiger partial charge in [0.15, 0.2) is 0 Å². The SMILES string of the molecule is Cn1cc(CCOC(=O)c2cc(N)cc(Cl)c2)cn1. The van der Waals surface area contributed by atoms with Gasteiger partial charge < -0.3 is 10.5 Å². The van der Waals surface area contributed by atoms with E-state index in [1.54, 1.807) is 16.9 Å². The largest absolute Gasteiger partial charge is 0.462 e. The second-order valence-electron chi connectivity index (χ2n) is 4.18. The maximum absolute atomic E-state index is 11.8. The lowest BCUT2D eigenvalue weighted by atomic mass is 10.2. The maximum atomic E-state index is 11.8. The van der Waals surface area contributed by atoms with Gasteiger partial charge in [-0.05, 0) is 23.8 Å². The van der Waals surface area contributed by atoms with Gasteiger partial charge in [0, 0.05) is 30.4 Å². The van der Waals surface area contributed by atoms with Crippen LogP contribution in [0.2, 0.25) is 5.02 Å². The minimum absolute atomic E-state index is 0.289. The fourth-order valence-electron chi connectivity index (χ4n) is 1.68. The number of carbonyl (C=O) groups is 1. The van der Waals surface area contributed by atoms with Crippen LogP contribution < -0.4 is 5.73 Å². The quantitative estimate of drug-likeness (QED) is 0.687. The van der Waals surface area contributed by atoms with Crippen LogP contribution in [0, 0.1) is 0 Å². The lowest BCUT2D eigenvalue weighted by Crippen LogP contribution is -2.08. The van der Waals surface area contributed by atoms with E-state index < -0.39 is 5.97 Å². The fraction of sp³-hybridized carbons (Fsp3) is 0.231. The minimum Gasteiger partial charge on any atom is -0.462 e. The number of esters is 1. The highest BCUT2D eigenvalue weighted by Gasteiger charge is 2.09. The summed E-state index contributed by atoms with van der Waals surface area (Å²) in [5.41, 5.74) is 7.43. The molecule has 0 spiro atoms. The molecule has 100 valence electrons. The first-order valence-electron chi connectivity index (χ1n) is 5.75. The fourth-order valence-corrected chi connectivity index (χ4v) is 1.92. The summed E-state index contributed by atoms with van der Waals surface area (Å²) < 4.78 is 6.86. The van der Waals surface area contributed by atoms with E-state index in [4.69, 9.17) is 22.1 Å². The third-order valence-electron chi connectivity index (χ3n) is 2.54. The molecular formula is C13H14ClN3O2. The summed E-state index contributed by atoms with van der Waals surface area (Å²) in [6, 6.07) is 4.65. The Kier molecular flexibility index (Phi) is 4.06. The number of anilines is 1. The number of benzene rings is 1. The summed E-state index contributed by atoms with van der Waals surface area (Å²) in [6.07, 6.45) is 4.24. The second kappa shape index (κ2) is 5.75.